The van der Waals surface area contributed by atoms with Crippen LogP contribution in [0.15, 0.2) is 18.2 Å². The van der Waals surface area contributed by atoms with E-state index in [1.807, 2.05) is 13.8 Å². The van der Waals surface area contributed by atoms with Crippen molar-refractivity contribution >= 4 is 34.8 Å². The van der Waals surface area contributed by atoms with Crippen molar-refractivity contribution in [2.24, 2.45) is 5.92 Å². The maximum Gasteiger partial charge on any atom is 0.225 e. The van der Waals surface area contributed by atoms with Gasteiger partial charge in [0.1, 0.15) is 0 Å². The molecule has 116 valence electrons. The topological polar surface area (TPSA) is 52.6 Å². The van der Waals surface area contributed by atoms with E-state index >= 15 is 0 Å². The average Bonchev–Trinajstić information content (AvgIpc) is 2.37. The van der Waals surface area contributed by atoms with E-state index in [4.69, 9.17) is 23.2 Å². The molecule has 0 unspecified atom stereocenters. The smallest absolute Gasteiger partial charge is 0.225 e. The van der Waals surface area contributed by atoms with Gasteiger partial charge in [-0.15, -0.1) is 0 Å². The number of carbonyl (C=O) groups excluding carboxylic acids is 1. The van der Waals surface area contributed by atoms with Crippen molar-refractivity contribution < 1.29 is 9.90 Å². The van der Waals surface area contributed by atoms with Crippen molar-refractivity contribution in [1.82, 2.24) is 4.90 Å². The SMILES string of the molecule is CC(C)C1(O)CN(CCC(=O)Nc2cc(Cl)ccc2Cl)C1. The summed E-state index contributed by atoms with van der Waals surface area (Å²) in [6.07, 6.45) is 0.358. The van der Waals surface area contributed by atoms with E-state index in [-0.39, 0.29) is 11.8 Å². The van der Waals surface area contributed by atoms with Crippen LogP contribution < -0.4 is 5.32 Å². The Bertz CT molecular complexity index is 528. The number of hydrogen-bond acceptors (Lipinski definition) is 3. The van der Waals surface area contributed by atoms with E-state index in [9.17, 15) is 9.90 Å². The number of β-amino-alcohol motifs (C(OH)–C–C–N with tert-alkyl or cyclic N) is 1. The first-order valence-corrected chi connectivity index (χ1v) is 7.75. The largest absolute Gasteiger partial charge is 0.387 e. The lowest BCUT2D eigenvalue weighted by Crippen LogP contribution is -2.64. The van der Waals surface area contributed by atoms with Crippen molar-refractivity contribution in [3.63, 3.8) is 0 Å². The van der Waals surface area contributed by atoms with Crippen LogP contribution >= 0.6 is 23.2 Å². The van der Waals surface area contributed by atoms with Gasteiger partial charge >= 0.3 is 0 Å². The van der Waals surface area contributed by atoms with Crippen molar-refractivity contribution in [1.29, 1.82) is 0 Å². The van der Waals surface area contributed by atoms with Crippen LogP contribution in [-0.4, -0.2) is 41.1 Å². The molecule has 0 saturated carbocycles. The molecular formula is C15H20Cl2N2O2. The Kier molecular flexibility index (Phi) is 5.15. The normalized spacial score (nSPS) is 17.6. The van der Waals surface area contributed by atoms with Crippen molar-refractivity contribution in [2.45, 2.75) is 25.9 Å². The number of anilines is 1. The van der Waals surface area contributed by atoms with Crippen LogP contribution in [0, 0.1) is 5.92 Å². The molecule has 2 rings (SSSR count). The zero-order valence-corrected chi connectivity index (χ0v) is 13.7. The number of amides is 1. The monoisotopic (exact) mass is 330 g/mol. The number of likely N-dealkylation sites (tertiary alicyclic amines) is 1. The van der Waals surface area contributed by atoms with Gasteiger partial charge in [-0.1, -0.05) is 37.0 Å². The molecule has 1 aromatic rings. The molecule has 0 atom stereocenters. The van der Waals surface area contributed by atoms with E-state index < -0.39 is 5.60 Å². The first kappa shape index (κ1) is 16.6. The molecule has 1 fully saturated rings. The average molecular weight is 331 g/mol. The van der Waals surface area contributed by atoms with Gasteiger partial charge in [0.2, 0.25) is 5.91 Å². The number of nitrogens with zero attached hydrogens (tertiary/aromatic N) is 1. The Hall–Kier alpha value is -0.810. The van der Waals surface area contributed by atoms with Crippen LogP contribution in [-0.2, 0) is 4.79 Å². The maximum absolute atomic E-state index is 11.9. The molecule has 1 heterocycles. The molecule has 0 bridgehead atoms. The molecule has 4 nitrogen and oxygen atoms in total. The maximum atomic E-state index is 11.9. The summed E-state index contributed by atoms with van der Waals surface area (Å²) >= 11 is 11.9. The van der Waals surface area contributed by atoms with Crippen LogP contribution in [0.25, 0.3) is 0 Å². The first-order valence-electron chi connectivity index (χ1n) is 7.00. The number of hydrogen-bond donors (Lipinski definition) is 2. The fraction of sp³-hybridized carbons (Fsp3) is 0.533. The fourth-order valence-electron chi connectivity index (χ4n) is 2.32. The quantitative estimate of drug-likeness (QED) is 0.872. The van der Waals surface area contributed by atoms with Gasteiger partial charge in [0.05, 0.1) is 16.3 Å². The molecule has 1 aromatic carbocycles. The van der Waals surface area contributed by atoms with Gasteiger partial charge in [-0.25, -0.2) is 0 Å². The van der Waals surface area contributed by atoms with Crippen LogP contribution in [0.3, 0.4) is 0 Å². The second-order valence-corrected chi connectivity index (χ2v) is 6.73. The van der Waals surface area contributed by atoms with E-state index in [1.165, 1.54) is 0 Å². The zero-order valence-electron chi connectivity index (χ0n) is 12.2. The second-order valence-electron chi connectivity index (χ2n) is 5.89. The molecule has 1 saturated heterocycles. The summed E-state index contributed by atoms with van der Waals surface area (Å²) in [7, 11) is 0. The van der Waals surface area contributed by atoms with Crippen molar-refractivity contribution in [3.8, 4) is 0 Å². The van der Waals surface area contributed by atoms with Gasteiger partial charge < -0.3 is 10.4 Å². The summed E-state index contributed by atoms with van der Waals surface area (Å²) < 4.78 is 0. The van der Waals surface area contributed by atoms with Gasteiger partial charge in [0, 0.05) is 31.1 Å². The zero-order chi connectivity index (χ0) is 15.6. The number of benzene rings is 1. The Morgan fingerprint density at radius 2 is 2.10 bits per heavy atom. The molecule has 0 radical (unpaired) electrons. The number of halogens is 2. The lowest BCUT2D eigenvalue weighted by atomic mass is 9.83. The molecule has 2 N–H and O–H groups in total. The fourth-order valence-corrected chi connectivity index (χ4v) is 2.65. The standard InChI is InChI=1S/C15H20Cl2N2O2/c1-10(2)15(21)8-19(9-15)6-5-14(20)18-13-7-11(16)3-4-12(13)17/h3-4,7,10,21H,5-6,8-9H2,1-2H3,(H,18,20). The van der Waals surface area contributed by atoms with E-state index in [1.54, 1.807) is 18.2 Å². The molecule has 1 aliphatic rings. The molecule has 6 heteroatoms. The lowest BCUT2D eigenvalue weighted by molar-refractivity contribution is -0.132. The summed E-state index contributed by atoms with van der Waals surface area (Å²) in [6.45, 7) is 5.88. The van der Waals surface area contributed by atoms with Gasteiger partial charge in [0.15, 0.2) is 0 Å². The van der Waals surface area contributed by atoms with Crippen molar-refractivity contribution in [2.75, 3.05) is 25.0 Å². The molecule has 1 aliphatic heterocycles. The van der Waals surface area contributed by atoms with E-state index in [0.717, 1.165) is 0 Å². The minimum atomic E-state index is -0.604. The Labute approximate surface area is 135 Å². The summed E-state index contributed by atoms with van der Waals surface area (Å²) in [4.78, 5) is 14.0. The third-order valence-electron chi connectivity index (χ3n) is 3.93. The van der Waals surface area contributed by atoms with Gasteiger partial charge in [-0.2, -0.15) is 0 Å². The molecular weight excluding hydrogens is 311 g/mol. The molecule has 0 aliphatic carbocycles. The Morgan fingerprint density at radius 3 is 2.71 bits per heavy atom. The third-order valence-corrected chi connectivity index (χ3v) is 4.49. The number of nitrogens with one attached hydrogen (secondary N) is 1. The van der Waals surface area contributed by atoms with Crippen LogP contribution in [0.4, 0.5) is 5.69 Å². The lowest BCUT2D eigenvalue weighted by Gasteiger charge is -2.49. The first-order chi connectivity index (χ1) is 9.80. The van der Waals surface area contributed by atoms with E-state index in [2.05, 4.69) is 10.2 Å². The molecule has 1 amide bonds. The highest BCUT2D eigenvalue weighted by atomic mass is 35.5. The minimum absolute atomic E-state index is 0.112. The summed E-state index contributed by atoms with van der Waals surface area (Å²) in [6, 6.07) is 4.95. The Balaban J connectivity index is 1.78. The van der Waals surface area contributed by atoms with Crippen LogP contribution in [0.1, 0.15) is 20.3 Å². The summed E-state index contributed by atoms with van der Waals surface area (Å²) in [5.41, 5.74) is -0.0799. The Morgan fingerprint density at radius 1 is 1.43 bits per heavy atom. The third kappa shape index (κ3) is 4.10. The number of carbonyl (C=O) groups is 1. The minimum Gasteiger partial charge on any atom is -0.387 e. The highest BCUT2D eigenvalue weighted by Gasteiger charge is 2.43. The van der Waals surface area contributed by atoms with Crippen LogP contribution in [0.2, 0.25) is 10.0 Å². The molecule has 0 spiro atoms. The summed E-state index contributed by atoms with van der Waals surface area (Å²) in [5.74, 6) is 0.118. The highest BCUT2D eigenvalue weighted by molar-refractivity contribution is 6.35. The highest BCUT2D eigenvalue weighted by Crippen LogP contribution is 2.29. The number of rotatable bonds is 5. The second kappa shape index (κ2) is 6.53. The predicted octanol–water partition coefficient (Wildman–Crippen LogP) is 3.02. The predicted molar refractivity (Wildman–Crippen MR) is 85.9 cm³/mol. The summed E-state index contributed by atoms with van der Waals surface area (Å²) in [5, 5.41) is 13.9. The van der Waals surface area contributed by atoms with E-state index in [0.29, 0.717) is 41.8 Å². The number of aliphatic hydroxyl groups is 1. The van der Waals surface area contributed by atoms with Gasteiger partial charge in [-0.3, -0.25) is 9.69 Å². The molecule has 21 heavy (non-hydrogen) atoms. The van der Waals surface area contributed by atoms with Crippen LogP contribution in [0.5, 0.6) is 0 Å². The molecule has 0 aromatic heterocycles. The van der Waals surface area contributed by atoms with Gasteiger partial charge in [-0.05, 0) is 24.1 Å². The van der Waals surface area contributed by atoms with Crippen molar-refractivity contribution in [3.05, 3.63) is 28.2 Å². The van der Waals surface area contributed by atoms with Gasteiger partial charge in [0.25, 0.3) is 0 Å².